The zero-order valence-corrected chi connectivity index (χ0v) is 12.5. The number of hydrogen-bond acceptors (Lipinski definition) is 3. The fraction of sp³-hybridized carbons (Fsp3) is 0.625. The van der Waals surface area contributed by atoms with Gasteiger partial charge in [0.15, 0.2) is 0 Å². The van der Waals surface area contributed by atoms with Gasteiger partial charge in [0, 0.05) is 31.7 Å². The van der Waals surface area contributed by atoms with Crippen molar-refractivity contribution >= 4 is 0 Å². The van der Waals surface area contributed by atoms with E-state index in [1.165, 1.54) is 11.1 Å². The van der Waals surface area contributed by atoms with Crippen LogP contribution in [0.2, 0.25) is 0 Å². The maximum Gasteiger partial charge on any atom is 0.0277 e. The molecule has 1 aliphatic rings. The van der Waals surface area contributed by atoms with Crippen LogP contribution >= 0.6 is 0 Å². The maximum atomic E-state index is 5.58. The van der Waals surface area contributed by atoms with Crippen LogP contribution in [0, 0.1) is 0 Å². The van der Waals surface area contributed by atoms with Crippen LogP contribution < -0.4 is 5.73 Å². The van der Waals surface area contributed by atoms with Gasteiger partial charge >= 0.3 is 0 Å². The van der Waals surface area contributed by atoms with E-state index in [1.54, 1.807) is 0 Å². The van der Waals surface area contributed by atoms with Crippen LogP contribution in [0.1, 0.15) is 25.0 Å². The lowest BCUT2D eigenvalue weighted by molar-refractivity contribution is 0.0360. The van der Waals surface area contributed by atoms with Gasteiger partial charge in [-0.1, -0.05) is 24.3 Å². The Morgan fingerprint density at radius 1 is 1.11 bits per heavy atom. The van der Waals surface area contributed by atoms with Gasteiger partial charge in [0.2, 0.25) is 0 Å². The molecule has 0 amide bonds. The summed E-state index contributed by atoms with van der Waals surface area (Å²) in [5.74, 6) is 0. The van der Waals surface area contributed by atoms with Crippen LogP contribution in [0.5, 0.6) is 0 Å². The standard InChI is InChI=1S/C16H27N3/c1-16(2)13-19(11-10-18(16)3)12-15-6-4-14(5-7-15)8-9-17/h4-7H,8-13,17H2,1-3H3. The summed E-state index contributed by atoms with van der Waals surface area (Å²) in [7, 11) is 2.22. The number of nitrogens with two attached hydrogens (primary N) is 1. The minimum Gasteiger partial charge on any atom is -0.330 e. The Labute approximate surface area is 117 Å². The molecular weight excluding hydrogens is 234 g/mol. The fourth-order valence-electron chi connectivity index (χ4n) is 2.71. The highest BCUT2D eigenvalue weighted by molar-refractivity contribution is 5.22. The molecule has 0 bridgehead atoms. The molecule has 106 valence electrons. The van der Waals surface area contributed by atoms with Crippen LogP contribution in [-0.2, 0) is 13.0 Å². The Kier molecular flexibility index (Phi) is 4.61. The molecule has 1 saturated heterocycles. The second-order valence-corrected chi connectivity index (χ2v) is 6.30. The van der Waals surface area contributed by atoms with Crippen LogP contribution in [0.25, 0.3) is 0 Å². The summed E-state index contributed by atoms with van der Waals surface area (Å²) in [5.41, 5.74) is 8.60. The van der Waals surface area contributed by atoms with Crippen molar-refractivity contribution in [2.75, 3.05) is 33.2 Å². The van der Waals surface area contributed by atoms with Crippen molar-refractivity contribution in [2.45, 2.75) is 32.4 Å². The Morgan fingerprint density at radius 3 is 2.32 bits per heavy atom. The van der Waals surface area contributed by atoms with Crippen LogP contribution in [-0.4, -0.2) is 48.6 Å². The molecule has 19 heavy (non-hydrogen) atoms. The second-order valence-electron chi connectivity index (χ2n) is 6.30. The molecule has 1 aliphatic heterocycles. The van der Waals surface area contributed by atoms with Gasteiger partial charge in [0.25, 0.3) is 0 Å². The lowest BCUT2D eigenvalue weighted by Gasteiger charge is -2.45. The monoisotopic (exact) mass is 261 g/mol. The third kappa shape index (κ3) is 3.78. The molecule has 0 aliphatic carbocycles. The van der Waals surface area contributed by atoms with Gasteiger partial charge in [-0.05, 0) is 45.0 Å². The summed E-state index contributed by atoms with van der Waals surface area (Å²) in [4.78, 5) is 5.01. The van der Waals surface area contributed by atoms with Crippen LogP contribution in [0.15, 0.2) is 24.3 Å². The molecule has 0 saturated carbocycles. The first-order valence-corrected chi connectivity index (χ1v) is 7.23. The molecule has 0 atom stereocenters. The third-order valence-electron chi connectivity index (χ3n) is 4.26. The Bertz CT molecular complexity index is 397. The molecule has 0 unspecified atom stereocenters. The molecule has 1 heterocycles. The molecule has 1 fully saturated rings. The number of benzene rings is 1. The quantitative estimate of drug-likeness (QED) is 0.895. The third-order valence-corrected chi connectivity index (χ3v) is 4.26. The molecule has 2 rings (SSSR count). The average molecular weight is 261 g/mol. The van der Waals surface area contributed by atoms with Crippen LogP contribution in [0.4, 0.5) is 0 Å². The summed E-state index contributed by atoms with van der Waals surface area (Å²) in [6, 6.07) is 8.92. The highest BCUT2D eigenvalue weighted by Gasteiger charge is 2.30. The van der Waals surface area contributed by atoms with E-state index >= 15 is 0 Å². The summed E-state index contributed by atoms with van der Waals surface area (Å²) in [6.45, 7) is 9.87. The zero-order chi connectivity index (χ0) is 13.9. The Hall–Kier alpha value is -0.900. The van der Waals surface area contributed by atoms with Gasteiger partial charge < -0.3 is 5.73 Å². The molecule has 3 nitrogen and oxygen atoms in total. The Morgan fingerprint density at radius 2 is 1.74 bits per heavy atom. The van der Waals surface area contributed by atoms with E-state index in [0.29, 0.717) is 0 Å². The van der Waals surface area contributed by atoms with E-state index in [0.717, 1.165) is 39.1 Å². The lowest BCUT2D eigenvalue weighted by Crippen LogP contribution is -2.57. The van der Waals surface area contributed by atoms with Gasteiger partial charge in [-0.15, -0.1) is 0 Å². The number of hydrogen-bond donors (Lipinski definition) is 1. The van der Waals surface area contributed by atoms with Gasteiger partial charge in [0.05, 0.1) is 0 Å². The Balaban J connectivity index is 1.94. The molecular formula is C16H27N3. The largest absolute Gasteiger partial charge is 0.330 e. The highest BCUT2D eigenvalue weighted by Crippen LogP contribution is 2.20. The molecule has 1 aromatic rings. The lowest BCUT2D eigenvalue weighted by atomic mass is 9.99. The van der Waals surface area contributed by atoms with Crippen molar-refractivity contribution < 1.29 is 0 Å². The average Bonchev–Trinajstić information content (AvgIpc) is 2.36. The molecule has 1 aromatic carbocycles. The highest BCUT2D eigenvalue weighted by atomic mass is 15.3. The van der Waals surface area contributed by atoms with Gasteiger partial charge in [0.1, 0.15) is 0 Å². The minimum atomic E-state index is 0.276. The number of piperazine rings is 1. The SMILES string of the molecule is CN1CCN(Cc2ccc(CCN)cc2)CC1(C)C. The summed E-state index contributed by atoms with van der Waals surface area (Å²) < 4.78 is 0. The predicted octanol–water partition coefficient (Wildman–Crippen LogP) is 1.71. The molecule has 0 aromatic heterocycles. The number of nitrogens with zero attached hydrogens (tertiary/aromatic N) is 2. The van der Waals surface area contributed by atoms with Crippen molar-refractivity contribution in [1.82, 2.24) is 9.80 Å². The summed E-state index contributed by atoms with van der Waals surface area (Å²) in [5, 5.41) is 0. The van der Waals surface area contributed by atoms with E-state index in [4.69, 9.17) is 5.73 Å². The summed E-state index contributed by atoms with van der Waals surface area (Å²) in [6.07, 6.45) is 0.974. The van der Waals surface area contributed by atoms with Crippen LogP contribution in [0.3, 0.4) is 0 Å². The van der Waals surface area contributed by atoms with Gasteiger partial charge in [-0.2, -0.15) is 0 Å². The smallest absolute Gasteiger partial charge is 0.0277 e. The molecule has 0 spiro atoms. The van der Waals surface area contributed by atoms with E-state index in [2.05, 4.69) is 55.0 Å². The van der Waals surface area contributed by atoms with E-state index in [1.807, 2.05) is 0 Å². The van der Waals surface area contributed by atoms with E-state index in [9.17, 15) is 0 Å². The van der Waals surface area contributed by atoms with E-state index in [-0.39, 0.29) is 5.54 Å². The summed E-state index contributed by atoms with van der Waals surface area (Å²) >= 11 is 0. The second kappa shape index (κ2) is 6.04. The molecule has 3 heteroatoms. The van der Waals surface area contributed by atoms with Crippen molar-refractivity contribution in [2.24, 2.45) is 5.73 Å². The number of rotatable bonds is 4. The predicted molar refractivity (Wildman–Crippen MR) is 81.2 cm³/mol. The topological polar surface area (TPSA) is 32.5 Å². The van der Waals surface area contributed by atoms with Crippen molar-refractivity contribution in [3.05, 3.63) is 35.4 Å². The normalized spacial score (nSPS) is 20.6. The van der Waals surface area contributed by atoms with E-state index < -0.39 is 0 Å². The minimum absolute atomic E-state index is 0.276. The van der Waals surface area contributed by atoms with Crippen molar-refractivity contribution in [1.29, 1.82) is 0 Å². The zero-order valence-electron chi connectivity index (χ0n) is 12.5. The van der Waals surface area contributed by atoms with Gasteiger partial charge in [-0.25, -0.2) is 0 Å². The first kappa shape index (κ1) is 14.5. The first-order chi connectivity index (χ1) is 9.01. The molecule has 2 N–H and O–H groups in total. The first-order valence-electron chi connectivity index (χ1n) is 7.23. The van der Waals surface area contributed by atoms with Gasteiger partial charge in [-0.3, -0.25) is 9.80 Å². The maximum absolute atomic E-state index is 5.58. The molecule has 0 radical (unpaired) electrons. The van der Waals surface area contributed by atoms with Crippen molar-refractivity contribution in [3.63, 3.8) is 0 Å². The number of likely N-dealkylation sites (N-methyl/N-ethyl adjacent to an activating group) is 1. The van der Waals surface area contributed by atoms with Crippen molar-refractivity contribution in [3.8, 4) is 0 Å². The fourth-order valence-corrected chi connectivity index (χ4v) is 2.71.